The van der Waals surface area contributed by atoms with Gasteiger partial charge < -0.3 is 20.1 Å². The van der Waals surface area contributed by atoms with Gasteiger partial charge in [0.25, 0.3) is 0 Å². The van der Waals surface area contributed by atoms with Gasteiger partial charge in [0.05, 0.1) is 26.4 Å². The molecule has 0 bridgehead atoms. The molecule has 2 saturated heterocycles. The Labute approximate surface area is 126 Å². The lowest BCUT2D eigenvalue weighted by molar-refractivity contribution is -0.0833. The van der Waals surface area contributed by atoms with Crippen molar-refractivity contribution < 1.29 is 9.47 Å². The summed E-state index contributed by atoms with van der Waals surface area (Å²) in [7, 11) is 0. The molecule has 2 N–H and O–H groups in total. The minimum absolute atomic E-state index is 0. The highest BCUT2D eigenvalue weighted by Gasteiger charge is 2.15. The highest BCUT2D eigenvalue weighted by Crippen LogP contribution is 2.09. The van der Waals surface area contributed by atoms with Crippen LogP contribution in [-0.2, 0) is 9.47 Å². The third kappa shape index (κ3) is 5.27. The number of hydrogen-bond donors (Lipinski definition) is 1. The highest BCUT2D eigenvalue weighted by atomic mass is 127. The first-order chi connectivity index (χ1) is 8.36. The summed E-state index contributed by atoms with van der Waals surface area (Å²) in [5, 5.41) is 0. The molecule has 0 aromatic heterocycles. The molecule has 0 saturated carbocycles. The van der Waals surface area contributed by atoms with Crippen LogP contribution in [0.3, 0.4) is 0 Å². The molecule has 2 rings (SSSR count). The van der Waals surface area contributed by atoms with Gasteiger partial charge in [0, 0.05) is 13.1 Å². The molecule has 2 aliphatic rings. The minimum Gasteiger partial charge on any atom is -0.376 e. The molecule has 0 aliphatic carbocycles. The molecule has 2 aliphatic heterocycles. The van der Waals surface area contributed by atoms with Crippen LogP contribution in [0.15, 0.2) is 4.99 Å². The quantitative estimate of drug-likeness (QED) is 0.452. The van der Waals surface area contributed by atoms with Gasteiger partial charge in [0.2, 0.25) is 0 Å². The van der Waals surface area contributed by atoms with E-state index in [1.807, 2.05) is 0 Å². The van der Waals surface area contributed by atoms with Crippen LogP contribution in [0.5, 0.6) is 0 Å². The second-order valence-electron chi connectivity index (χ2n) is 4.67. The van der Waals surface area contributed by atoms with E-state index in [9.17, 15) is 0 Å². The average molecular weight is 369 g/mol. The van der Waals surface area contributed by atoms with E-state index in [1.165, 1.54) is 25.7 Å². The predicted octanol–water partition coefficient (Wildman–Crippen LogP) is 1.21. The van der Waals surface area contributed by atoms with Crippen molar-refractivity contribution >= 4 is 29.9 Å². The van der Waals surface area contributed by atoms with Crippen LogP contribution >= 0.6 is 24.0 Å². The lowest BCUT2D eigenvalue weighted by Crippen LogP contribution is -2.39. The van der Waals surface area contributed by atoms with E-state index in [0.29, 0.717) is 32.3 Å². The van der Waals surface area contributed by atoms with Gasteiger partial charge in [0.15, 0.2) is 5.96 Å². The second-order valence-corrected chi connectivity index (χ2v) is 4.67. The van der Waals surface area contributed by atoms with E-state index in [0.717, 1.165) is 13.1 Å². The molecule has 0 spiro atoms. The van der Waals surface area contributed by atoms with E-state index in [2.05, 4.69) is 9.89 Å². The summed E-state index contributed by atoms with van der Waals surface area (Å²) in [5.74, 6) is 0.668. The Bertz CT molecular complexity index is 250. The molecule has 1 unspecified atom stereocenters. The number of ether oxygens (including phenoxy) is 2. The first-order valence-electron chi connectivity index (χ1n) is 6.60. The van der Waals surface area contributed by atoms with Gasteiger partial charge in [0.1, 0.15) is 6.10 Å². The lowest BCUT2D eigenvalue weighted by atomic mass is 10.2. The Morgan fingerprint density at radius 3 is 2.50 bits per heavy atom. The van der Waals surface area contributed by atoms with Crippen LogP contribution in [0.2, 0.25) is 0 Å². The largest absolute Gasteiger partial charge is 0.376 e. The molecule has 18 heavy (non-hydrogen) atoms. The Morgan fingerprint density at radius 2 is 1.89 bits per heavy atom. The minimum atomic E-state index is 0. The summed E-state index contributed by atoms with van der Waals surface area (Å²) in [6.07, 6.45) is 5.14. The van der Waals surface area contributed by atoms with E-state index in [4.69, 9.17) is 15.2 Å². The van der Waals surface area contributed by atoms with Gasteiger partial charge in [-0.05, 0) is 12.8 Å². The van der Waals surface area contributed by atoms with Gasteiger partial charge >= 0.3 is 0 Å². The summed E-state index contributed by atoms with van der Waals surface area (Å²) >= 11 is 0. The van der Waals surface area contributed by atoms with E-state index in [1.54, 1.807) is 0 Å². The van der Waals surface area contributed by atoms with Crippen molar-refractivity contribution in [1.82, 2.24) is 4.90 Å². The fourth-order valence-corrected chi connectivity index (χ4v) is 2.24. The maximum Gasteiger partial charge on any atom is 0.191 e. The molecule has 6 heteroatoms. The average Bonchev–Trinajstić information content (AvgIpc) is 2.66. The molecule has 2 heterocycles. The van der Waals surface area contributed by atoms with Crippen molar-refractivity contribution in [3.05, 3.63) is 0 Å². The monoisotopic (exact) mass is 369 g/mol. The Hall–Kier alpha value is -0.0800. The van der Waals surface area contributed by atoms with E-state index in [-0.39, 0.29) is 30.1 Å². The summed E-state index contributed by atoms with van der Waals surface area (Å²) in [4.78, 5) is 6.62. The number of halogens is 1. The Morgan fingerprint density at radius 1 is 1.17 bits per heavy atom. The van der Waals surface area contributed by atoms with Gasteiger partial charge in [-0.15, -0.1) is 24.0 Å². The standard InChI is InChI=1S/C12H23N3O2.HI/c13-12(15-5-3-1-2-4-6-15)14-9-11-10-16-7-8-17-11;/h11H,1-10H2,(H2,13,14);1H. The normalized spacial score (nSPS) is 26.3. The van der Waals surface area contributed by atoms with Crippen molar-refractivity contribution in [1.29, 1.82) is 0 Å². The molecule has 0 aromatic carbocycles. The predicted molar refractivity (Wildman–Crippen MR) is 82.5 cm³/mol. The van der Waals surface area contributed by atoms with E-state index >= 15 is 0 Å². The fraction of sp³-hybridized carbons (Fsp3) is 0.917. The zero-order valence-corrected chi connectivity index (χ0v) is 13.2. The van der Waals surface area contributed by atoms with Crippen molar-refractivity contribution in [2.24, 2.45) is 10.7 Å². The number of guanidine groups is 1. The van der Waals surface area contributed by atoms with Crippen molar-refractivity contribution in [2.45, 2.75) is 31.8 Å². The SMILES string of the molecule is I.NC(=NCC1COCCO1)N1CCCCCC1. The molecule has 5 nitrogen and oxygen atoms in total. The maximum atomic E-state index is 6.01. The van der Waals surface area contributed by atoms with Gasteiger partial charge in [-0.3, -0.25) is 4.99 Å². The van der Waals surface area contributed by atoms with Crippen molar-refractivity contribution in [3.8, 4) is 0 Å². The number of nitrogens with two attached hydrogens (primary N) is 1. The summed E-state index contributed by atoms with van der Waals surface area (Å²) in [6, 6.07) is 0. The smallest absolute Gasteiger partial charge is 0.191 e. The molecule has 106 valence electrons. The van der Waals surface area contributed by atoms with Crippen LogP contribution in [-0.4, -0.2) is 56.4 Å². The second kappa shape index (κ2) is 8.92. The molecular formula is C12H24IN3O2. The van der Waals surface area contributed by atoms with E-state index < -0.39 is 0 Å². The Kier molecular flexibility index (Phi) is 7.92. The Balaban J connectivity index is 0.00000162. The molecule has 0 amide bonds. The summed E-state index contributed by atoms with van der Waals surface area (Å²) < 4.78 is 10.9. The van der Waals surface area contributed by atoms with Crippen molar-refractivity contribution in [3.63, 3.8) is 0 Å². The first kappa shape index (κ1) is 16.0. The zero-order chi connectivity index (χ0) is 11.9. The topological polar surface area (TPSA) is 60.1 Å². The number of aliphatic imine (C=N–C) groups is 1. The number of nitrogens with zero attached hydrogens (tertiary/aromatic N) is 2. The highest BCUT2D eigenvalue weighted by molar-refractivity contribution is 14.0. The number of rotatable bonds is 2. The van der Waals surface area contributed by atoms with Gasteiger partial charge in [-0.2, -0.15) is 0 Å². The molecule has 1 atom stereocenters. The molecule has 0 aromatic rings. The van der Waals surface area contributed by atoms with Gasteiger partial charge in [-0.1, -0.05) is 12.8 Å². The summed E-state index contributed by atoms with van der Waals surface area (Å²) in [5.41, 5.74) is 6.01. The third-order valence-electron chi connectivity index (χ3n) is 3.27. The van der Waals surface area contributed by atoms with Crippen molar-refractivity contribution in [2.75, 3.05) is 39.5 Å². The molecular weight excluding hydrogens is 345 g/mol. The van der Waals surface area contributed by atoms with Gasteiger partial charge in [-0.25, -0.2) is 0 Å². The van der Waals surface area contributed by atoms with Crippen LogP contribution in [0.1, 0.15) is 25.7 Å². The maximum absolute atomic E-state index is 6.01. The van der Waals surface area contributed by atoms with Crippen LogP contribution in [0.4, 0.5) is 0 Å². The molecule has 0 radical (unpaired) electrons. The fourth-order valence-electron chi connectivity index (χ4n) is 2.24. The van der Waals surface area contributed by atoms with Crippen LogP contribution < -0.4 is 5.73 Å². The summed E-state index contributed by atoms with van der Waals surface area (Å²) in [6.45, 7) is 4.69. The lowest BCUT2D eigenvalue weighted by Gasteiger charge is -2.24. The zero-order valence-electron chi connectivity index (χ0n) is 10.8. The van der Waals surface area contributed by atoms with Crippen LogP contribution in [0, 0.1) is 0 Å². The third-order valence-corrected chi connectivity index (χ3v) is 3.27. The van der Waals surface area contributed by atoms with Crippen LogP contribution in [0.25, 0.3) is 0 Å². The first-order valence-corrected chi connectivity index (χ1v) is 6.60. The number of hydrogen-bond acceptors (Lipinski definition) is 3. The molecule has 2 fully saturated rings. The number of likely N-dealkylation sites (tertiary alicyclic amines) is 1.